The van der Waals surface area contributed by atoms with Gasteiger partial charge < -0.3 is 14.6 Å². The highest BCUT2D eigenvalue weighted by Gasteiger charge is 2.39. The Morgan fingerprint density at radius 1 is 1.17 bits per heavy atom. The molecule has 1 aromatic rings. The van der Waals surface area contributed by atoms with Crippen LogP contribution >= 0.6 is 0 Å². The Morgan fingerprint density at radius 2 is 1.79 bits per heavy atom. The van der Waals surface area contributed by atoms with Crippen LogP contribution in [-0.4, -0.2) is 50.5 Å². The predicted molar refractivity (Wildman–Crippen MR) is 108 cm³/mol. The number of carbonyl (C=O) groups excluding carboxylic acids is 1. The zero-order chi connectivity index (χ0) is 21.6. The van der Waals surface area contributed by atoms with Crippen molar-refractivity contribution in [2.24, 2.45) is 0 Å². The molecule has 0 bridgehead atoms. The van der Waals surface area contributed by atoms with Gasteiger partial charge in [0, 0.05) is 12.0 Å². The summed E-state index contributed by atoms with van der Waals surface area (Å²) in [4.78, 5) is 12.2. The van der Waals surface area contributed by atoms with Gasteiger partial charge in [-0.2, -0.15) is 8.42 Å². The molecule has 1 aliphatic rings. The number of aryl methyl sites for hydroxylation is 1. The molecule has 8 heteroatoms. The summed E-state index contributed by atoms with van der Waals surface area (Å²) < 4.78 is 41.7. The standard InChI is InChI=1S/C21H30O7S/c1-5-16(6-2)27-18-12-15(21(23)26-7-3)13-19(20(18)22)28-29(24,25)17-10-8-14(4)9-11-17/h8-12,16,18-20,22H,5-7,13H2,1-4H3/t18-,19+,20+/m1/s1. The summed E-state index contributed by atoms with van der Waals surface area (Å²) in [6.07, 6.45) is -0.551. The summed E-state index contributed by atoms with van der Waals surface area (Å²) in [5.74, 6) is -0.570. The number of hydrogen-bond donors (Lipinski definition) is 1. The van der Waals surface area contributed by atoms with Crippen molar-refractivity contribution >= 4 is 16.1 Å². The Hall–Kier alpha value is -1.74. The zero-order valence-corrected chi connectivity index (χ0v) is 18.1. The van der Waals surface area contributed by atoms with Gasteiger partial charge in [0.1, 0.15) is 18.3 Å². The van der Waals surface area contributed by atoms with Crippen LogP contribution in [0, 0.1) is 6.92 Å². The Morgan fingerprint density at radius 3 is 2.34 bits per heavy atom. The number of carbonyl (C=O) groups is 1. The lowest BCUT2D eigenvalue weighted by molar-refractivity contribution is -0.140. The molecular weight excluding hydrogens is 396 g/mol. The van der Waals surface area contributed by atoms with Gasteiger partial charge in [0.15, 0.2) is 0 Å². The number of aliphatic hydroxyl groups is 1. The number of aliphatic hydroxyl groups excluding tert-OH is 1. The number of benzene rings is 1. The van der Waals surface area contributed by atoms with E-state index in [1.54, 1.807) is 19.1 Å². The first-order valence-corrected chi connectivity index (χ1v) is 11.3. The fraction of sp³-hybridized carbons (Fsp3) is 0.571. The van der Waals surface area contributed by atoms with Crippen LogP contribution in [0.3, 0.4) is 0 Å². The molecule has 1 aliphatic carbocycles. The van der Waals surface area contributed by atoms with Crippen LogP contribution in [0.25, 0.3) is 0 Å². The monoisotopic (exact) mass is 426 g/mol. The van der Waals surface area contributed by atoms with Crippen LogP contribution in [0.4, 0.5) is 0 Å². The molecule has 3 atom stereocenters. The van der Waals surface area contributed by atoms with E-state index < -0.39 is 34.4 Å². The average Bonchev–Trinajstić information content (AvgIpc) is 2.68. The third-order valence-corrected chi connectivity index (χ3v) is 6.21. The van der Waals surface area contributed by atoms with Gasteiger partial charge in [-0.25, -0.2) is 4.79 Å². The van der Waals surface area contributed by atoms with E-state index in [4.69, 9.17) is 13.7 Å². The van der Waals surface area contributed by atoms with E-state index in [2.05, 4.69) is 0 Å². The van der Waals surface area contributed by atoms with Gasteiger partial charge in [-0.3, -0.25) is 4.18 Å². The number of hydrogen-bond acceptors (Lipinski definition) is 7. The van der Waals surface area contributed by atoms with Gasteiger partial charge in [0.25, 0.3) is 10.1 Å². The average molecular weight is 427 g/mol. The summed E-state index contributed by atoms with van der Waals surface area (Å²) in [5.41, 5.74) is 1.14. The summed E-state index contributed by atoms with van der Waals surface area (Å²) in [6.45, 7) is 7.62. The Bertz CT molecular complexity index is 810. The number of ether oxygens (including phenoxy) is 2. The molecule has 0 fully saturated rings. The molecule has 2 rings (SSSR count). The highest BCUT2D eigenvalue weighted by Crippen LogP contribution is 2.29. The van der Waals surface area contributed by atoms with Crippen LogP contribution in [-0.2, 0) is 28.6 Å². The lowest BCUT2D eigenvalue weighted by Crippen LogP contribution is -2.46. The second kappa shape index (κ2) is 10.3. The Labute approximate surface area is 172 Å². The second-order valence-electron chi connectivity index (χ2n) is 7.05. The van der Waals surface area contributed by atoms with Crippen molar-refractivity contribution in [1.82, 2.24) is 0 Å². The largest absolute Gasteiger partial charge is 0.463 e. The molecule has 1 aromatic carbocycles. The third-order valence-electron chi connectivity index (χ3n) is 4.86. The Kier molecular flexibility index (Phi) is 8.39. The highest BCUT2D eigenvalue weighted by atomic mass is 32.2. The number of rotatable bonds is 9. The predicted octanol–water partition coefficient (Wildman–Crippen LogP) is 2.90. The van der Waals surface area contributed by atoms with Crippen molar-refractivity contribution in [2.45, 2.75) is 76.3 Å². The maximum atomic E-state index is 12.7. The number of esters is 1. The molecule has 0 unspecified atom stereocenters. The van der Waals surface area contributed by atoms with E-state index in [0.717, 1.165) is 18.4 Å². The summed E-state index contributed by atoms with van der Waals surface area (Å²) >= 11 is 0. The molecule has 0 aromatic heterocycles. The van der Waals surface area contributed by atoms with Gasteiger partial charge in [-0.1, -0.05) is 31.5 Å². The van der Waals surface area contributed by atoms with E-state index in [-0.39, 0.29) is 29.6 Å². The van der Waals surface area contributed by atoms with Gasteiger partial charge in [-0.15, -0.1) is 0 Å². The molecular formula is C21H30O7S. The topological polar surface area (TPSA) is 99.1 Å². The first kappa shape index (κ1) is 23.5. The molecule has 29 heavy (non-hydrogen) atoms. The van der Waals surface area contributed by atoms with Crippen molar-refractivity contribution in [3.8, 4) is 0 Å². The SMILES string of the molecule is CCOC(=O)C1=C[C@@H](OC(CC)CC)[C@H](O)[C@@H](OS(=O)(=O)c2ccc(C)cc2)C1. The second-order valence-corrected chi connectivity index (χ2v) is 8.62. The normalized spacial score (nSPS) is 22.4. The Balaban J connectivity index is 2.29. The van der Waals surface area contributed by atoms with Crippen LogP contribution < -0.4 is 0 Å². The van der Waals surface area contributed by atoms with Crippen molar-refractivity contribution in [2.75, 3.05) is 6.61 Å². The first-order chi connectivity index (χ1) is 13.7. The summed E-state index contributed by atoms with van der Waals surface area (Å²) in [5, 5.41) is 10.7. The quantitative estimate of drug-likeness (QED) is 0.479. The summed E-state index contributed by atoms with van der Waals surface area (Å²) in [7, 11) is -4.13. The summed E-state index contributed by atoms with van der Waals surface area (Å²) in [6, 6.07) is 6.22. The smallest absolute Gasteiger partial charge is 0.333 e. The fourth-order valence-corrected chi connectivity index (χ4v) is 4.21. The van der Waals surface area contributed by atoms with Gasteiger partial charge >= 0.3 is 5.97 Å². The molecule has 0 saturated heterocycles. The van der Waals surface area contributed by atoms with Crippen LogP contribution in [0.2, 0.25) is 0 Å². The van der Waals surface area contributed by atoms with E-state index in [9.17, 15) is 18.3 Å². The van der Waals surface area contributed by atoms with Gasteiger partial charge in [0.05, 0.1) is 17.6 Å². The molecule has 0 heterocycles. The minimum Gasteiger partial charge on any atom is -0.463 e. The van der Waals surface area contributed by atoms with Crippen molar-refractivity contribution in [1.29, 1.82) is 0 Å². The van der Waals surface area contributed by atoms with Crippen LogP contribution in [0.5, 0.6) is 0 Å². The highest BCUT2D eigenvalue weighted by molar-refractivity contribution is 7.86. The maximum absolute atomic E-state index is 12.7. The molecule has 0 saturated carbocycles. The lowest BCUT2D eigenvalue weighted by atomic mass is 9.92. The zero-order valence-electron chi connectivity index (χ0n) is 17.3. The van der Waals surface area contributed by atoms with Crippen LogP contribution in [0.15, 0.2) is 40.8 Å². The molecule has 1 N–H and O–H groups in total. The molecule has 162 valence electrons. The van der Waals surface area contributed by atoms with Crippen molar-refractivity contribution in [3.05, 3.63) is 41.5 Å². The van der Waals surface area contributed by atoms with Gasteiger partial charge in [0.2, 0.25) is 0 Å². The fourth-order valence-electron chi connectivity index (χ4n) is 3.13. The van der Waals surface area contributed by atoms with Gasteiger partial charge in [-0.05, 0) is 44.9 Å². The molecule has 0 radical (unpaired) electrons. The van der Waals surface area contributed by atoms with Crippen LogP contribution in [0.1, 0.15) is 45.6 Å². The van der Waals surface area contributed by atoms with Crippen molar-refractivity contribution in [3.63, 3.8) is 0 Å². The minimum atomic E-state index is -4.13. The van der Waals surface area contributed by atoms with E-state index in [1.165, 1.54) is 18.2 Å². The lowest BCUT2D eigenvalue weighted by Gasteiger charge is -2.34. The third kappa shape index (κ3) is 6.12. The maximum Gasteiger partial charge on any atom is 0.333 e. The van der Waals surface area contributed by atoms with E-state index >= 15 is 0 Å². The van der Waals surface area contributed by atoms with E-state index in [1.807, 2.05) is 20.8 Å². The molecule has 0 amide bonds. The first-order valence-electron chi connectivity index (χ1n) is 9.93. The molecule has 0 aliphatic heterocycles. The molecule has 7 nitrogen and oxygen atoms in total. The minimum absolute atomic E-state index is 0.0139. The van der Waals surface area contributed by atoms with Crippen molar-refractivity contribution < 1.29 is 32.0 Å². The molecule has 0 spiro atoms. The van der Waals surface area contributed by atoms with E-state index in [0.29, 0.717) is 0 Å².